The molecule has 0 bridgehead atoms. The molecule has 3 N–H and O–H groups in total. The average Bonchev–Trinajstić information content (AvgIpc) is 0.987. The second-order valence-electron chi connectivity index (χ2n) is 29.5. The van der Waals surface area contributed by atoms with Crippen LogP contribution in [0.25, 0.3) is 0 Å². The zero-order valence-electron chi connectivity index (χ0n) is 65.7. The van der Waals surface area contributed by atoms with Gasteiger partial charge >= 0.3 is 39.5 Å². The number of carbonyl (C=O) groups excluding carboxylic acids is 4. The van der Waals surface area contributed by atoms with Gasteiger partial charge in [0.1, 0.15) is 19.3 Å². The summed E-state index contributed by atoms with van der Waals surface area (Å²) in [5.74, 6) is -0.517. The van der Waals surface area contributed by atoms with Gasteiger partial charge in [-0.3, -0.25) is 37.3 Å². The van der Waals surface area contributed by atoms with E-state index in [0.717, 1.165) is 121 Å². The van der Waals surface area contributed by atoms with Gasteiger partial charge in [0, 0.05) is 25.7 Å². The third-order valence-corrected chi connectivity index (χ3v) is 20.8. The van der Waals surface area contributed by atoms with Gasteiger partial charge in [-0.25, -0.2) is 9.13 Å². The first kappa shape index (κ1) is 98.5. The number of rotatable bonds is 79. The Morgan fingerprint density at radius 1 is 0.327 bits per heavy atom. The van der Waals surface area contributed by atoms with Crippen LogP contribution in [0.4, 0.5) is 0 Å². The fraction of sp³-hybridized carbons (Fsp3) is 0.902. The van der Waals surface area contributed by atoms with E-state index in [1.165, 1.54) is 205 Å². The largest absolute Gasteiger partial charge is 0.472 e. The Balaban J connectivity index is 5.27. The van der Waals surface area contributed by atoms with E-state index >= 15 is 0 Å². The van der Waals surface area contributed by atoms with Crippen molar-refractivity contribution in [3.8, 4) is 0 Å². The summed E-state index contributed by atoms with van der Waals surface area (Å²) >= 11 is 0. The molecule has 0 saturated heterocycles. The number of aliphatic hydroxyl groups excluding tert-OH is 1. The number of carbonyl (C=O) groups is 4. The van der Waals surface area contributed by atoms with Crippen molar-refractivity contribution in [3.63, 3.8) is 0 Å². The summed E-state index contributed by atoms with van der Waals surface area (Å²) in [6.45, 7) is 9.63. The van der Waals surface area contributed by atoms with Crippen molar-refractivity contribution < 1.29 is 80.2 Å². The van der Waals surface area contributed by atoms with Crippen LogP contribution in [-0.4, -0.2) is 96.7 Å². The lowest BCUT2D eigenvalue weighted by atomic mass is 9.99. The maximum Gasteiger partial charge on any atom is 0.472 e. The summed E-state index contributed by atoms with van der Waals surface area (Å²) in [4.78, 5) is 73.0. The number of unbranched alkanes of at least 4 members (excludes halogenated alkanes) is 45. The van der Waals surface area contributed by atoms with Crippen LogP contribution >= 0.6 is 15.6 Å². The van der Waals surface area contributed by atoms with E-state index in [4.69, 9.17) is 37.0 Å². The lowest BCUT2D eigenvalue weighted by Crippen LogP contribution is -2.30. The summed E-state index contributed by atoms with van der Waals surface area (Å²) < 4.78 is 68.7. The van der Waals surface area contributed by atoms with E-state index < -0.39 is 97.5 Å². The van der Waals surface area contributed by atoms with Crippen LogP contribution in [0.5, 0.6) is 0 Å². The quantitative estimate of drug-likeness (QED) is 0.0169. The Hall–Kier alpha value is -2.46. The van der Waals surface area contributed by atoms with E-state index in [9.17, 15) is 43.2 Å². The van der Waals surface area contributed by atoms with Gasteiger partial charge in [-0.05, 0) is 63.2 Å². The summed E-state index contributed by atoms with van der Waals surface area (Å²) in [6, 6.07) is 0. The van der Waals surface area contributed by atoms with Crippen molar-refractivity contribution >= 4 is 39.5 Å². The summed E-state index contributed by atoms with van der Waals surface area (Å²) in [7, 11) is -9.93. The topological polar surface area (TPSA) is 237 Å². The second-order valence-corrected chi connectivity index (χ2v) is 32.5. The van der Waals surface area contributed by atoms with Gasteiger partial charge in [0.25, 0.3) is 0 Å². The molecule has 0 aliphatic heterocycles. The Morgan fingerprint density at radius 3 is 0.891 bits per heavy atom. The number of phosphoric ester groups is 2. The van der Waals surface area contributed by atoms with Crippen LogP contribution in [0.1, 0.15) is 408 Å². The van der Waals surface area contributed by atoms with Gasteiger partial charge < -0.3 is 33.8 Å². The highest BCUT2D eigenvalue weighted by Gasteiger charge is 2.30. The maximum absolute atomic E-state index is 13.1. The number of allylic oxidation sites excluding steroid dienone is 4. The lowest BCUT2D eigenvalue weighted by molar-refractivity contribution is -0.161. The zero-order chi connectivity index (χ0) is 74.2. The van der Waals surface area contributed by atoms with E-state index in [-0.39, 0.29) is 25.7 Å². The number of hydrogen-bond donors (Lipinski definition) is 3. The number of aliphatic hydroxyl groups is 1. The van der Waals surface area contributed by atoms with E-state index in [0.29, 0.717) is 25.7 Å². The van der Waals surface area contributed by atoms with Crippen molar-refractivity contribution in [1.82, 2.24) is 0 Å². The summed E-state index contributed by atoms with van der Waals surface area (Å²) in [5.41, 5.74) is 0. The van der Waals surface area contributed by atoms with E-state index in [1.807, 2.05) is 0 Å². The van der Waals surface area contributed by atoms with Gasteiger partial charge in [0.15, 0.2) is 12.2 Å². The molecular formula is C82H156O17P2. The molecule has 0 aromatic heterocycles. The molecule has 0 aromatic carbocycles. The van der Waals surface area contributed by atoms with E-state index in [1.54, 1.807) is 0 Å². The Morgan fingerprint density at radius 2 is 0.584 bits per heavy atom. The molecule has 0 saturated carbocycles. The van der Waals surface area contributed by atoms with Gasteiger partial charge in [0.2, 0.25) is 0 Å². The number of ether oxygens (including phenoxy) is 4. The molecular weight excluding hydrogens is 1320 g/mol. The zero-order valence-corrected chi connectivity index (χ0v) is 67.5. The standard InChI is InChI=1S/C82H156O17P2/c1-7-10-12-14-16-18-20-21-26-30-34-41-47-53-59-65-80(85)93-71-77(98-81(86)66-60-54-48-42-35-31-28-25-23-22-24-27-29-33-38-44-50-56-62-74(4)5)72-96-100(88,89)94-68-76(83)69-95-101(90,91)97-73-78(70-92-79(84)64-58-52-46-40-32-19-17-15-13-11-8-2)99-82(87)67-61-55-49-43-37-36-39-45-51-57-63-75(6)9-3/h18,20-21,26,74-78,83H,7-17,19,22-25,27-73H2,1-6H3,(H,88,89)(H,90,91)/b20-18-,26-21-/t75?,76-,77-,78-/m1/s1. The molecule has 0 amide bonds. The summed E-state index contributed by atoms with van der Waals surface area (Å²) in [6.07, 6.45) is 65.9. The van der Waals surface area contributed by atoms with Gasteiger partial charge in [-0.15, -0.1) is 0 Å². The van der Waals surface area contributed by atoms with Crippen molar-refractivity contribution in [2.45, 2.75) is 426 Å². The highest BCUT2D eigenvalue weighted by molar-refractivity contribution is 7.47. The predicted octanol–water partition coefficient (Wildman–Crippen LogP) is 24.2. The van der Waals surface area contributed by atoms with Crippen molar-refractivity contribution in [1.29, 1.82) is 0 Å². The first-order chi connectivity index (χ1) is 48.9. The number of esters is 4. The van der Waals surface area contributed by atoms with Crippen LogP contribution in [0.2, 0.25) is 0 Å². The molecule has 0 heterocycles. The van der Waals surface area contributed by atoms with Crippen LogP contribution < -0.4 is 0 Å². The third kappa shape index (κ3) is 74.2. The fourth-order valence-corrected chi connectivity index (χ4v) is 13.7. The minimum absolute atomic E-state index is 0.101. The normalized spacial score (nSPS) is 14.3. The molecule has 0 fully saturated rings. The minimum Gasteiger partial charge on any atom is -0.462 e. The molecule has 0 rings (SSSR count). The molecule has 3 unspecified atom stereocenters. The molecule has 6 atom stereocenters. The van der Waals surface area contributed by atoms with Gasteiger partial charge in [-0.1, -0.05) is 355 Å². The van der Waals surface area contributed by atoms with E-state index in [2.05, 4.69) is 65.8 Å². The summed E-state index contributed by atoms with van der Waals surface area (Å²) in [5, 5.41) is 10.6. The van der Waals surface area contributed by atoms with Crippen molar-refractivity contribution in [3.05, 3.63) is 24.3 Å². The molecule has 101 heavy (non-hydrogen) atoms. The predicted molar refractivity (Wildman–Crippen MR) is 414 cm³/mol. The maximum atomic E-state index is 13.1. The Bertz CT molecular complexity index is 2040. The van der Waals surface area contributed by atoms with Gasteiger partial charge in [0.05, 0.1) is 26.4 Å². The molecule has 596 valence electrons. The molecule has 0 aromatic rings. The van der Waals surface area contributed by atoms with Gasteiger partial charge in [-0.2, -0.15) is 0 Å². The monoisotopic (exact) mass is 1480 g/mol. The highest BCUT2D eigenvalue weighted by atomic mass is 31.2. The SMILES string of the molecule is CCCCCC/C=C\C=C/CCCCCCCC(=O)OC[C@H](COP(=O)(O)OC[C@@H](O)COP(=O)(O)OC[C@@H](COC(=O)CCCCCCCCCCCCC)OC(=O)CCCCCCCCCCCCC(C)CC)OC(=O)CCCCCCCCCCCCCCCCCCCCC(C)C. The average molecular weight is 1480 g/mol. The molecule has 0 aliphatic rings. The first-order valence-electron chi connectivity index (χ1n) is 41.8. The smallest absolute Gasteiger partial charge is 0.462 e. The van der Waals surface area contributed by atoms with Crippen molar-refractivity contribution in [2.24, 2.45) is 11.8 Å². The molecule has 0 aliphatic carbocycles. The Labute approximate surface area is 618 Å². The molecule has 0 spiro atoms. The number of phosphoric acid groups is 2. The van der Waals surface area contributed by atoms with Crippen molar-refractivity contribution in [2.75, 3.05) is 39.6 Å². The second kappa shape index (κ2) is 73.1. The Kier molecular flexibility index (Phi) is 71.3. The lowest BCUT2D eigenvalue weighted by Gasteiger charge is -2.21. The van der Waals surface area contributed by atoms with Crippen LogP contribution in [0.15, 0.2) is 24.3 Å². The first-order valence-corrected chi connectivity index (χ1v) is 44.8. The molecule has 17 nitrogen and oxygen atoms in total. The van der Waals surface area contributed by atoms with Crippen LogP contribution in [-0.2, 0) is 65.4 Å². The molecule has 0 radical (unpaired) electrons. The molecule has 19 heteroatoms. The highest BCUT2D eigenvalue weighted by Crippen LogP contribution is 2.45. The fourth-order valence-electron chi connectivity index (χ4n) is 12.1. The number of hydrogen-bond acceptors (Lipinski definition) is 15. The minimum atomic E-state index is -4.97. The van der Waals surface area contributed by atoms with Crippen LogP contribution in [0, 0.1) is 11.8 Å². The van der Waals surface area contributed by atoms with Crippen LogP contribution in [0.3, 0.4) is 0 Å². The third-order valence-electron chi connectivity index (χ3n) is 18.9.